The Morgan fingerprint density at radius 1 is 1.10 bits per heavy atom. The topological polar surface area (TPSA) is 67.2 Å². The third-order valence-electron chi connectivity index (χ3n) is 8.30. The standard InChI is InChI=1S/C34H41N3O4/c1-23-18-37(24(2)21-38)34(39)33-32(29-15-8-9-16-30(29)36(33)4)28-14-7-6-12-26(28)22-41-31(23)20-35(3)19-25-11-10-13-27(17-25)40-5/h6-17,23-24,31,38H,18-22H2,1-5H3/t23-,24-,31-/m1/s1. The van der Waals surface area contributed by atoms with Crippen LogP contribution in [0.2, 0.25) is 0 Å². The Kier molecular flexibility index (Phi) is 8.78. The monoisotopic (exact) mass is 555 g/mol. The lowest BCUT2D eigenvalue weighted by Gasteiger charge is -2.35. The second kappa shape index (κ2) is 12.5. The van der Waals surface area contributed by atoms with E-state index in [0.29, 0.717) is 25.4 Å². The zero-order chi connectivity index (χ0) is 29.1. The van der Waals surface area contributed by atoms with E-state index in [1.165, 1.54) is 0 Å². The Balaban J connectivity index is 1.55. The molecule has 0 spiro atoms. The molecule has 7 nitrogen and oxygen atoms in total. The van der Waals surface area contributed by atoms with E-state index >= 15 is 0 Å². The molecule has 3 aromatic carbocycles. The number of aliphatic hydroxyl groups is 1. The average molecular weight is 556 g/mol. The number of rotatable bonds is 7. The summed E-state index contributed by atoms with van der Waals surface area (Å²) in [6, 6.07) is 24.1. The summed E-state index contributed by atoms with van der Waals surface area (Å²) in [5.74, 6) is 0.780. The first-order chi connectivity index (χ1) is 19.8. The Morgan fingerprint density at radius 2 is 1.85 bits per heavy atom. The van der Waals surface area contributed by atoms with Gasteiger partial charge in [0.25, 0.3) is 5.91 Å². The summed E-state index contributed by atoms with van der Waals surface area (Å²) in [5, 5.41) is 11.2. The molecule has 41 heavy (non-hydrogen) atoms. The highest BCUT2D eigenvalue weighted by atomic mass is 16.5. The van der Waals surface area contributed by atoms with Gasteiger partial charge in [-0.25, -0.2) is 0 Å². The Bertz CT molecular complexity index is 1510. The predicted molar refractivity (Wildman–Crippen MR) is 163 cm³/mol. The molecule has 5 rings (SSSR count). The molecule has 0 aliphatic carbocycles. The summed E-state index contributed by atoms with van der Waals surface area (Å²) < 4.78 is 14.1. The number of methoxy groups -OCH3 is 1. The fraction of sp³-hybridized carbons (Fsp3) is 0.382. The van der Waals surface area contributed by atoms with Gasteiger partial charge in [-0.3, -0.25) is 9.69 Å². The van der Waals surface area contributed by atoms with Crippen LogP contribution in [0.15, 0.2) is 72.8 Å². The van der Waals surface area contributed by atoms with E-state index in [1.54, 1.807) is 7.11 Å². The van der Waals surface area contributed by atoms with Crippen LogP contribution in [0.3, 0.4) is 0 Å². The van der Waals surface area contributed by atoms with Crippen molar-refractivity contribution in [2.45, 2.75) is 39.1 Å². The maximum absolute atomic E-state index is 14.5. The van der Waals surface area contributed by atoms with Crippen molar-refractivity contribution < 1.29 is 19.4 Å². The van der Waals surface area contributed by atoms with Crippen LogP contribution in [-0.4, -0.2) is 71.4 Å². The summed E-state index contributed by atoms with van der Waals surface area (Å²) in [5.41, 5.74) is 5.77. The average Bonchev–Trinajstić information content (AvgIpc) is 3.28. The molecule has 0 fully saturated rings. The van der Waals surface area contributed by atoms with Crippen LogP contribution in [0.25, 0.3) is 22.0 Å². The summed E-state index contributed by atoms with van der Waals surface area (Å²) in [4.78, 5) is 18.6. The Hall–Kier alpha value is -3.65. The van der Waals surface area contributed by atoms with Gasteiger partial charge in [0.05, 0.1) is 32.5 Å². The van der Waals surface area contributed by atoms with Crippen molar-refractivity contribution in [3.8, 4) is 16.9 Å². The largest absolute Gasteiger partial charge is 0.497 e. The number of aryl methyl sites for hydroxylation is 1. The summed E-state index contributed by atoms with van der Waals surface area (Å²) >= 11 is 0. The lowest BCUT2D eigenvalue weighted by Crippen LogP contribution is -2.47. The van der Waals surface area contributed by atoms with Crippen molar-refractivity contribution in [1.82, 2.24) is 14.4 Å². The number of nitrogens with zero attached hydrogens (tertiary/aromatic N) is 3. The number of amides is 1. The van der Waals surface area contributed by atoms with Gasteiger partial charge in [0.15, 0.2) is 0 Å². The van der Waals surface area contributed by atoms with Crippen molar-refractivity contribution in [2.75, 3.05) is 33.9 Å². The fourth-order valence-corrected chi connectivity index (χ4v) is 5.98. The zero-order valence-electron chi connectivity index (χ0n) is 24.7. The molecule has 1 aliphatic heterocycles. The van der Waals surface area contributed by atoms with Crippen molar-refractivity contribution in [3.63, 3.8) is 0 Å². The van der Waals surface area contributed by atoms with Crippen LogP contribution >= 0.6 is 0 Å². The minimum Gasteiger partial charge on any atom is -0.497 e. The minimum atomic E-state index is -0.345. The molecule has 7 heteroatoms. The summed E-state index contributed by atoms with van der Waals surface area (Å²) in [6.07, 6.45) is -0.141. The number of hydrogen-bond donors (Lipinski definition) is 1. The molecule has 0 bridgehead atoms. The van der Waals surface area contributed by atoms with E-state index in [1.807, 2.05) is 59.8 Å². The van der Waals surface area contributed by atoms with Crippen molar-refractivity contribution >= 4 is 16.8 Å². The second-order valence-corrected chi connectivity index (χ2v) is 11.3. The van der Waals surface area contributed by atoms with Crippen LogP contribution in [0.4, 0.5) is 0 Å². The number of benzene rings is 3. The number of carbonyl (C=O) groups is 1. The highest BCUT2D eigenvalue weighted by Gasteiger charge is 2.33. The summed E-state index contributed by atoms with van der Waals surface area (Å²) in [7, 11) is 5.73. The molecular formula is C34H41N3O4. The predicted octanol–water partition coefficient (Wildman–Crippen LogP) is 5.34. The van der Waals surface area contributed by atoms with Gasteiger partial charge in [-0.2, -0.15) is 0 Å². The van der Waals surface area contributed by atoms with E-state index in [9.17, 15) is 9.90 Å². The number of aliphatic hydroxyl groups excluding tert-OH is 1. The Labute approximate surface area is 242 Å². The van der Waals surface area contributed by atoms with Crippen LogP contribution in [0.5, 0.6) is 5.75 Å². The van der Waals surface area contributed by atoms with E-state index < -0.39 is 0 Å². The number of hydrogen-bond acceptors (Lipinski definition) is 5. The van der Waals surface area contributed by atoms with Gasteiger partial charge in [0, 0.05) is 49.1 Å². The maximum Gasteiger partial charge on any atom is 0.271 e. The van der Waals surface area contributed by atoms with E-state index in [4.69, 9.17) is 9.47 Å². The van der Waals surface area contributed by atoms with Crippen LogP contribution in [0.1, 0.15) is 35.5 Å². The number of aromatic nitrogens is 1. The SMILES string of the molecule is COc1cccc(CN(C)C[C@H]2OCc3ccccc3-c3c(n(C)c4ccccc34)C(=O)N([C@H](C)CO)C[C@H]2C)c1. The minimum absolute atomic E-state index is 0.0177. The highest BCUT2D eigenvalue weighted by molar-refractivity contribution is 6.10. The van der Waals surface area contributed by atoms with Gasteiger partial charge < -0.3 is 24.0 Å². The van der Waals surface area contributed by atoms with E-state index in [-0.39, 0.29) is 30.6 Å². The molecule has 0 radical (unpaired) electrons. The van der Waals surface area contributed by atoms with Gasteiger partial charge in [0.2, 0.25) is 0 Å². The van der Waals surface area contributed by atoms with Gasteiger partial charge >= 0.3 is 0 Å². The molecule has 1 aromatic heterocycles. The van der Waals surface area contributed by atoms with Crippen molar-refractivity contribution in [3.05, 3.63) is 89.6 Å². The normalized spacial score (nSPS) is 18.6. The first-order valence-corrected chi connectivity index (χ1v) is 14.3. The fourth-order valence-electron chi connectivity index (χ4n) is 5.98. The molecular weight excluding hydrogens is 514 g/mol. The zero-order valence-corrected chi connectivity index (χ0v) is 24.7. The van der Waals surface area contributed by atoms with Crippen molar-refractivity contribution in [2.24, 2.45) is 13.0 Å². The third-order valence-corrected chi connectivity index (χ3v) is 8.30. The third kappa shape index (κ3) is 5.89. The number of carbonyl (C=O) groups excluding carboxylic acids is 1. The molecule has 2 heterocycles. The number of likely N-dealkylation sites (N-methyl/N-ethyl adjacent to an activating group) is 1. The highest BCUT2D eigenvalue weighted by Crippen LogP contribution is 2.38. The lowest BCUT2D eigenvalue weighted by molar-refractivity contribution is -0.0242. The molecule has 0 saturated carbocycles. The number of ether oxygens (including phenoxy) is 2. The molecule has 0 saturated heterocycles. The number of fused-ring (bicyclic) bond motifs is 5. The smallest absolute Gasteiger partial charge is 0.271 e. The molecule has 4 aromatic rings. The van der Waals surface area contributed by atoms with E-state index in [0.717, 1.165) is 45.5 Å². The van der Waals surface area contributed by atoms with Gasteiger partial charge in [-0.15, -0.1) is 0 Å². The van der Waals surface area contributed by atoms with Crippen LogP contribution in [0, 0.1) is 5.92 Å². The van der Waals surface area contributed by atoms with Gasteiger partial charge in [0.1, 0.15) is 11.4 Å². The first-order valence-electron chi connectivity index (χ1n) is 14.3. The quantitative estimate of drug-likeness (QED) is 0.333. The van der Waals surface area contributed by atoms with E-state index in [2.05, 4.69) is 55.3 Å². The lowest BCUT2D eigenvalue weighted by atomic mass is 9.96. The summed E-state index contributed by atoms with van der Waals surface area (Å²) in [6.45, 7) is 6.26. The molecule has 0 unspecified atom stereocenters. The Morgan fingerprint density at radius 3 is 2.63 bits per heavy atom. The molecule has 1 aliphatic rings. The molecule has 3 atom stereocenters. The number of para-hydroxylation sites is 1. The second-order valence-electron chi connectivity index (χ2n) is 11.3. The van der Waals surface area contributed by atoms with Crippen molar-refractivity contribution in [1.29, 1.82) is 0 Å². The van der Waals surface area contributed by atoms with Gasteiger partial charge in [-0.05, 0) is 48.9 Å². The maximum atomic E-state index is 14.5. The van der Waals surface area contributed by atoms with Crippen LogP contribution in [-0.2, 0) is 24.9 Å². The first kappa shape index (κ1) is 28.9. The van der Waals surface area contributed by atoms with Gasteiger partial charge in [-0.1, -0.05) is 61.5 Å². The molecule has 1 N–H and O–H groups in total. The molecule has 1 amide bonds. The van der Waals surface area contributed by atoms with Crippen LogP contribution < -0.4 is 4.74 Å². The molecule has 216 valence electrons.